The molecular weight excluding hydrogens is 592 g/mol. The van der Waals surface area contributed by atoms with Gasteiger partial charge in [-0.1, -0.05) is 44.1 Å². The number of aliphatic hydroxyl groups excluding tert-OH is 4. The summed E-state index contributed by atoms with van der Waals surface area (Å²) in [7, 11) is 0. The molecule has 6 rings (SSSR count). The minimum Gasteiger partial charge on any atom is -0.459 e. The Labute approximate surface area is 271 Å². The van der Waals surface area contributed by atoms with Gasteiger partial charge in [0.05, 0.1) is 29.8 Å². The lowest BCUT2D eigenvalue weighted by Gasteiger charge is -2.64. The number of hydrogen-bond acceptors (Lipinski definition) is 10. The molecule has 2 saturated heterocycles. The molecule has 6 aliphatic rings. The first kappa shape index (κ1) is 34.0. The van der Waals surface area contributed by atoms with Gasteiger partial charge in [-0.3, -0.25) is 9.59 Å². The number of carbonyl (C=O) groups is 2. The lowest BCUT2D eigenvalue weighted by Crippen LogP contribution is -2.64. The molecule has 46 heavy (non-hydrogen) atoms. The Bertz CT molecular complexity index is 1390. The predicted molar refractivity (Wildman–Crippen MR) is 167 cm³/mol. The van der Waals surface area contributed by atoms with E-state index in [1.54, 1.807) is 19.9 Å². The van der Waals surface area contributed by atoms with Crippen molar-refractivity contribution in [2.45, 2.75) is 130 Å². The summed E-state index contributed by atoms with van der Waals surface area (Å²) in [6, 6.07) is 0. The van der Waals surface area contributed by atoms with Crippen LogP contribution in [0, 0.1) is 39.4 Å². The molecule has 5 N–H and O–H groups in total. The fourth-order valence-corrected chi connectivity index (χ4v) is 10.8. The first-order valence-electron chi connectivity index (χ1n) is 16.7. The average molecular weight is 645 g/mol. The second-order valence-corrected chi connectivity index (χ2v) is 16.6. The molecule has 0 bridgehead atoms. The van der Waals surface area contributed by atoms with E-state index in [2.05, 4.69) is 26.0 Å². The van der Waals surface area contributed by atoms with E-state index in [1.807, 2.05) is 27.7 Å². The molecular formula is C36H52O10. The molecule has 0 aromatic heterocycles. The zero-order valence-electron chi connectivity index (χ0n) is 28.3. The molecule has 2 saturated carbocycles. The van der Waals surface area contributed by atoms with Gasteiger partial charge in [-0.25, -0.2) is 0 Å². The number of carbonyl (C=O) groups excluding carboxylic acids is 2. The van der Waals surface area contributed by atoms with E-state index in [9.17, 15) is 35.1 Å². The highest BCUT2D eigenvalue weighted by Gasteiger charge is 2.75. The lowest BCUT2D eigenvalue weighted by molar-refractivity contribution is -0.291. The first-order chi connectivity index (χ1) is 21.2. The van der Waals surface area contributed by atoms with Gasteiger partial charge in [0.1, 0.15) is 30.2 Å². The highest BCUT2D eigenvalue weighted by molar-refractivity contribution is 6.02. The minimum absolute atomic E-state index is 0.0736. The van der Waals surface area contributed by atoms with Gasteiger partial charge < -0.3 is 39.7 Å². The molecule has 10 nitrogen and oxygen atoms in total. The summed E-state index contributed by atoms with van der Waals surface area (Å²) in [6.07, 6.45) is -0.139. The van der Waals surface area contributed by atoms with Crippen molar-refractivity contribution < 1.29 is 49.3 Å². The van der Waals surface area contributed by atoms with E-state index in [1.165, 1.54) is 0 Å². The first-order valence-corrected chi connectivity index (χ1v) is 16.7. The molecule has 0 amide bonds. The summed E-state index contributed by atoms with van der Waals surface area (Å²) >= 11 is 0. The number of ketones is 2. The van der Waals surface area contributed by atoms with Gasteiger partial charge in [0.25, 0.3) is 0 Å². The number of Topliss-reactive ketones (excluding diaryl/α,β-unsaturated/α-hetero) is 2. The smallest absolute Gasteiger partial charge is 0.229 e. The van der Waals surface area contributed by atoms with Crippen LogP contribution >= 0.6 is 0 Å². The Morgan fingerprint density at radius 2 is 1.65 bits per heavy atom. The van der Waals surface area contributed by atoms with Crippen molar-refractivity contribution in [3.05, 3.63) is 35.1 Å². The largest absolute Gasteiger partial charge is 0.459 e. The van der Waals surface area contributed by atoms with Crippen LogP contribution in [-0.4, -0.2) is 92.2 Å². The third-order valence-electron chi connectivity index (χ3n) is 13.2. The molecule has 0 aromatic carbocycles. The molecule has 4 aliphatic carbocycles. The van der Waals surface area contributed by atoms with Crippen LogP contribution in [0.5, 0.6) is 0 Å². The highest BCUT2D eigenvalue weighted by atomic mass is 16.7. The Balaban J connectivity index is 1.40. The number of ether oxygens (including phenoxy) is 3. The molecule has 0 aromatic rings. The highest BCUT2D eigenvalue weighted by Crippen LogP contribution is 2.75. The zero-order chi connectivity index (χ0) is 33.9. The van der Waals surface area contributed by atoms with Crippen molar-refractivity contribution in [1.29, 1.82) is 0 Å². The Hall–Kier alpha value is -1.92. The average Bonchev–Trinajstić information content (AvgIpc) is 3.18. The van der Waals surface area contributed by atoms with Crippen molar-refractivity contribution >= 4 is 11.6 Å². The van der Waals surface area contributed by atoms with Gasteiger partial charge in [0, 0.05) is 30.1 Å². The summed E-state index contributed by atoms with van der Waals surface area (Å²) < 4.78 is 18.3. The third kappa shape index (κ3) is 4.54. The standard InChI is InChI=1S/C36H52O10/c1-17(2)11-18-13-35(7,43)29-22(44-18)14-33(5)24-10-9-19-20(36(24,8)25(38)15-34(29,33)6)12-21(30(42)32(19,3)4)45-31-28(41)27(40)26(39)23(16-37)46-31/h9,11-12,18,20,22-24,26-29,31,37,39-41,43H,10,13-16H2,1-8H3. The van der Waals surface area contributed by atoms with Gasteiger partial charge in [0.2, 0.25) is 12.1 Å². The van der Waals surface area contributed by atoms with E-state index in [0.717, 1.165) is 11.1 Å². The molecule has 14 unspecified atom stereocenters. The lowest BCUT2D eigenvalue weighted by atomic mass is 9.39. The van der Waals surface area contributed by atoms with Crippen LogP contribution in [-0.2, 0) is 23.8 Å². The van der Waals surface area contributed by atoms with E-state index in [0.29, 0.717) is 19.3 Å². The normalized spacial score (nSPS) is 51.2. The molecule has 0 spiro atoms. The summed E-state index contributed by atoms with van der Waals surface area (Å²) in [5.74, 6) is -1.20. The maximum Gasteiger partial charge on any atom is 0.229 e. The van der Waals surface area contributed by atoms with E-state index in [4.69, 9.17) is 14.2 Å². The van der Waals surface area contributed by atoms with Crippen molar-refractivity contribution in [3.8, 4) is 0 Å². The van der Waals surface area contributed by atoms with Crippen LogP contribution in [0.2, 0.25) is 0 Å². The molecule has 4 fully saturated rings. The molecule has 2 heterocycles. The van der Waals surface area contributed by atoms with Crippen LogP contribution in [0.4, 0.5) is 0 Å². The molecule has 0 radical (unpaired) electrons. The van der Waals surface area contributed by atoms with Crippen molar-refractivity contribution in [2.75, 3.05) is 6.61 Å². The maximum absolute atomic E-state index is 14.7. The van der Waals surface area contributed by atoms with Crippen LogP contribution in [0.15, 0.2) is 35.1 Å². The summed E-state index contributed by atoms with van der Waals surface area (Å²) in [4.78, 5) is 28.6. The molecule has 256 valence electrons. The monoisotopic (exact) mass is 644 g/mol. The number of aliphatic hydroxyl groups is 5. The molecule has 14 atom stereocenters. The fraction of sp³-hybridized carbons (Fsp3) is 0.778. The van der Waals surface area contributed by atoms with E-state index in [-0.39, 0.29) is 53.2 Å². The van der Waals surface area contributed by atoms with Crippen LogP contribution in [0.25, 0.3) is 0 Å². The SMILES string of the molecule is CC(C)=CC1CC(C)(O)C2C(CC3(C)C4CC=C5C(C=C(OC6OC(CO)C(O)C(O)C6O)C(=O)C5(C)C)C4(C)C(=O)CC23C)O1. The van der Waals surface area contributed by atoms with Crippen molar-refractivity contribution in [1.82, 2.24) is 0 Å². The summed E-state index contributed by atoms with van der Waals surface area (Å²) in [6.45, 7) is 15.3. The second-order valence-electron chi connectivity index (χ2n) is 16.6. The van der Waals surface area contributed by atoms with Gasteiger partial charge in [0.15, 0.2) is 5.76 Å². The van der Waals surface area contributed by atoms with Gasteiger partial charge >= 0.3 is 0 Å². The molecule has 10 heteroatoms. The topological polar surface area (TPSA) is 163 Å². The van der Waals surface area contributed by atoms with Gasteiger partial charge in [-0.05, 0) is 70.3 Å². The minimum atomic E-state index is -1.68. The molecule has 2 aliphatic heterocycles. The van der Waals surface area contributed by atoms with Gasteiger partial charge in [-0.2, -0.15) is 0 Å². The second kappa shape index (κ2) is 10.8. The van der Waals surface area contributed by atoms with Crippen LogP contribution in [0.1, 0.15) is 81.1 Å². The third-order valence-corrected chi connectivity index (χ3v) is 13.2. The quantitative estimate of drug-likeness (QED) is 0.288. The maximum atomic E-state index is 14.7. The van der Waals surface area contributed by atoms with Crippen LogP contribution < -0.4 is 0 Å². The van der Waals surface area contributed by atoms with Crippen LogP contribution in [0.3, 0.4) is 0 Å². The number of fused-ring (bicyclic) bond motifs is 7. The number of rotatable bonds is 4. The summed E-state index contributed by atoms with van der Waals surface area (Å²) in [5.41, 5.74) is -1.90. The number of allylic oxidation sites excluding steroid dienone is 5. The van der Waals surface area contributed by atoms with Crippen molar-refractivity contribution in [2.24, 2.45) is 39.4 Å². The Morgan fingerprint density at radius 3 is 2.28 bits per heavy atom. The van der Waals surface area contributed by atoms with Crippen molar-refractivity contribution in [3.63, 3.8) is 0 Å². The van der Waals surface area contributed by atoms with Gasteiger partial charge in [-0.15, -0.1) is 0 Å². The predicted octanol–water partition coefficient (Wildman–Crippen LogP) is 2.74. The zero-order valence-corrected chi connectivity index (χ0v) is 28.3. The number of hydrogen-bond donors (Lipinski definition) is 5. The summed E-state index contributed by atoms with van der Waals surface area (Å²) in [5, 5.41) is 52.9. The van der Waals surface area contributed by atoms with E-state index < -0.39 is 65.1 Å². The Kier molecular flexibility index (Phi) is 7.97. The Morgan fingerprint density at radius 1 is 0.978 bits per heavy atom. The fourth-order valence-electron chi connectivity index (χ4n) is 10.8. The van der Waals surface area contributed by atoms with E-state index >= 15 is 0 Å².